The van der Waals surface area contributed by atoms with Crippen molar-refractivity contribution in [3.05, 3.63) is 89.5 Å². The van der Waals surface area contributed by atoms with Crippen molar-refractivity contribution in [3.8, 4) is 16.9 Å². The topological polar surface area (TPSA) is 156 Å². The number of fused-ring (bicyclic) bond motifs is 3. The first-order chi connectivity index (χ1) is 23.6. The summed E-state index contributed by atoms with van der Waals surface area (Å²) in [5.74, 6) is -1.09. The van der Waals surface area contributed by atoms with Gasteiger partial charge in [0.25, 0.3) is 0 Å². The zero-order valence-corrected chi connectivity index (χ0v) is 29.6. The van der Waals surface area contributed by atoms with E-state index in [1.807, 2.05) is 75.4 Å². The van der Waals surface area contributed by atoms with Crippen LogP contribution in [0.1, 0.15) is 70.6 Å². The van der Waals surface area contributed by atoms with E-state index in [0.29, 0.717) is 30.8 Å². The molecule has 4 N–H and O–H groups in total. The van der Waals surface area contributed by atoms with Gasteiger partial charge in [-0.05, 0) is 87.9 Å². The third kappa shape index (κ3) is 11.5. The van der Waals surface area contributed by atoms with Gasteiger partial charge in [0.2, 0.25) is 6.41 Å². The summed E-state index contributed by atoms with van der Waals surface area (Å²) in [6.07, 6.45) is -2.01. The molecule has 0 saturated carbocycles. The fourth-order valence-electron chi connectivity index (χ4n) is 5.52. The Morgan fingerprint density at radius 3 is 2.12 bits per heavy atom. The number of carbonyl (C=O) groups is 3. The van der Waals surface area contributed by atoms with E-state index in [-0.39, 0.29) is 25.7 Å². The lowest BCUT2D eigenvalue weighted by Crippen LogP contribution is -2.45. The van der Waals surface area contributed by atoms with E-state index in [4.69, 9.17) is 18.9 Å². The minimum Gasteiger partial charge on any atom is -0.491 e. The lowest BCUT2D eigenvalue weighted by atomic mass is 9.98. The molecule has 1 aliphatic rings. The Hall–Kier alpha value is -4.65. The van der Waals surface area contributed by atoms with E-state index < -0.39 is 41.8 Å². The summed E-state index contributed by atoms with van der Waals surface area (Å²) in [7, 11) is 0. The maximum atomic E-state index is 13.1. The van der Waals surface area contributed by atoms with Gasteiger partial charge in [-0.1, -0.05) is 60.7 Å². The second-order valence-electron chi connectivity index (χ2n) is 14.1. The fraction of sp³-hybridized carbons (Fsp3) is 0.447. The number of ether oxygens (including phenoxy) is 4. The summed E-state index contributed by atoms with van der Waals surface area (Å²) < 4.78 is 22.4. The van der Waals surface area contributed by atoms with Gasteiger partial charge in [-0.25, -0.2) is 14.4 Å². The van der Waals surface area contributed by atoms with Gasteiger partial charge in [0.1, 0.15) is 24.6 Å². The molecule has 0 aromatic heterocycles. The summed E-state index contributed by atoms with van der Waals surface area (Å²) in [6.45, 7) is 11.4. The monoisotopic (exact) mass is 691 g/mol. The van der Waals surface area contributed by atoms with Crippen molar-refractivity contribution in [3.63, 3.8) is 0 Å². The molecule has 0 heterocycles. The lowest BCUT2D eigenvalue weighted by molar-refractivity contribution is -0.181. The summed E-state index contributed by atoms with van der Waals surface area (Å²) in [6, 6.07) is 21.4. The Bertz CT molecular complexity index is 1570. The lowest BCUT2D eigenvalue weighted by Gasteiger charge is -2.28. The number of benzene rings is 3. The van der Waals surface area contributed by atoms with Gasteiger partial charge in [-0.15, -0.1) is 0 Å². The molecule has 1 aliphatic carbocycles. The average Bonchev–Trinajstić information content (AvgIpc) is 3.35. The Kier molecular flexibility index (Phi) is 12.9. The molecule has 0 saturated heterocycles. The van der Waals surface area contributed by atoms with Crippen molar-refractivity contribution in [2.24, 2.45) is 0 Å². The molecule has 12 nitrogen and oxygen atoms in total. The molecule has 4 rings (SSSR count). The van der Waals surface area contributed by atoms with Gasteiger partial charge in [0, 0.05) is 25.6 Å². The number of amides is 2. The van der Waals surface area contributed by atoms with Gasteiger partial charge >= 0.3 is 18.2 Å². The van der Waals surface area contributed by atoms with Crippen LogP contribution < -0.4 is 15.4 Å². The summed E-state index contributed by atoms with van der Waals surface area (Å²) in [5, 5.41) is 25.2. The summed E-state index contributed by atoms with van der Waals surface area (Å²) in [4.78, 5) is 39.4. The summed E-state index contributed by atoms with van der Waals surface area (Å²) in [5.41, 5.74) is 3.75. The molecule has 3 aromatic rings. The Morgan fingerprint density at radius 1 is 0.880 bits per heavy atom. The normalized spacial score (nSPS) is 13.8. The number of aliphatic hydroxyl groups is 1. The number of carbonyl (C=O) groups excluding carboxylic acids is 2. The molecule has 0 spiro atoms. The second-order valence-corrected chi connectivity index (χ2v) is 14.1. The number of carboxylic acids is 1. The number of alkyl carbamates (subject to hydrolysis) is 1. The van der Waals surface area contributed by atoms with Crippen molar-refractivity contribution < 1.29 is 43.5 Å². The highest BCUT2D eigenvalue weighted by Gasteiger charge is 2.30. The third-order valence-corrected chi connectivity index (χ3v) is 7.66. The van der Waals surface area contributed by atoms with Crippen LogP contribution in [0.5, 0.6) is 5.75 Å². The Morgan fingerprint density at radius 2 is 1.52 bits per heavy atom. The molecule has 3 aromatic carbocycles. The molecule has 2 atom stereocenters. The van der Waals surface area contributed by atoms with Crippen LogP contribution >= 0.6 is 0 Å². The molecule has 0 fully saturated rings. The predicted octanol–water partition coefficient (Wildman–Crippen LogP) is 5.87. The number of hydrogen-bond acceptors (Lipinski definition) is 9. The Labute approximate surface area is 293 Å². The predicted molar refractivity (Wildman–Crippen MR) is 188 cm³/mol. The van der Waals surface area contributed by atoms with E-state index in [0.717, 1.165) is 22.3 Å². The van der Waals surface area contributed by atoms with Gasteiger partial charge in [-0.2, -0.15) is 0 Å². The highest BCUT2D eigenvalue weighted by molar-refractivity contribution is 5.81. The van der Waals surface area contributed by atoms with E-state index in [9.17, 15) is 24.6 Å². The number of aliphatic hydroxyl groups excluding tert-OH is 1. The van der Waals surface area contributed by atoms with Crippen LogP contribution in [0.15, 0.2) is 72.8 Å². The molecule has 2 amide bonds. The molecule has 1 unspecified atom stereocenters. The third-order valence-electron chi connectivity index (χ3n) is 7.66. The van der Waals surface area contributed by atoms with Crippen LogP contribution in [-0.4, -0.2) is 83.2 Å². The number of hydrogen-bond donors (Lipinski definition) is 4. The highest BCUT2D eigenvalue weighted by atomic mass is 16.6. The van der Waals surface area contributed by atoms with E-state index in [1.54, 1.807) is 43.9 Å². The SMILES string of the molecule is CC(C)(C)OC(=O)N(CCCNC(O)OC(C)(C)C)Cc1cccc(OC[C@H](NC(=O)OCC2c3ccccc3-c3ccccc32)C(=O)O)c1. The molecular weight excluding hydrogens is 642 g/mol. The highest BCUT2D eigenvalue weighted by Crippen LogP contribution is 2.44. The molecular formula is C38H49N3O9. The van der Waals surface area contributed by atoms with Crippen molar-refractivity contribution in [1.82, 2.24) is 15.5 Å². The number of nitrogens with zero attached hydrogens (tertiary/aromatic N) is 1. The number of rotatable bonds is 15. The first kappa shape index (κ1) is 38.2. The van der Waals surface area contributed by atoms with Gasteiger partial charge in [0.05, 0.1) is 5.60 Å². The molecule has 12 heteroatoms. The molecule has 50 heavy (non-hydrogen) atoms. The maximum Gasteiger partial charge on any atom is 0.410 e. The van der Waals surface area contributed by atoms with Crippen molar-refractivity contribution >= 4 is 18.2 Å². The van der Waals surface area contributed by atoms with E-state index in [1.165, 1.54) is 0 Å². The second kappa shape index (κ2) is 16.8. The number of aliphatic carboxylic acids is 1. The summed E-state index contributed by atoms with van der Waals surface area (Å²) >= 11 is 0. The van der Waals surface area contributed by atoms with E-state index in [2.05, 4.69) is 10.6 Å². The van der Waals surface area contributed by atoms with Crippen LogP contribution in [-0.2, 0) is 25.5 Å². The molecule has 0 bridgehead atoms. The fourth-order valence-corrected chi connectivity index (χ4v) is 5.52. The first-order valence-electron chi connectivity index (χ1n) is 16.7. The minimum absolute atomic E-state index is 0.0462. The van der Waals surface area contributed by atoms with Crippen LogP contribution in [0.25, 0.3) is 11.1 Å². The van der Waals surface area contributed by atoms with Crippen molar-refractivity contribution in [2.45, 2.75) is 84.1 Å². The molecule has 0 radical (unpaired) electrons. The van der Waals surface area contributed by atoms with Gasteiger partial charge < -0.3 is 39.4 Å². The van der Waals surface area contributed by atoms with Crippen LogP contribution in [0.3, 0.4) is 0 Å². The molecule has 0 aliphatic heterocycles. The van der Waals surface area contributed by atoms with Crippen LogP contribution in [0.4, 0.5) is 9.59 Å². The zero-order chi connectivity index (χ0) is 36.5. The van der Waals surface area contributed by atoms with Crippen LogP contribution in [0, 0.1) is 0 Å². The quantitative estimate of drug-likeness (QED) is 0.112. The minimum atomic E-state index is -1.38. The Balaban J connectivity index is 1.32. The smallest absolute Gasteiger partial charge is 0.410 e. The van der Waals surface area contributed by atoms with Crippen molar-refractivity contribution in [1.29, 1.82) is 0 Å². The largest absolute Gasteiger partial charge is 0.491 e. The number of carboxylic acid groups (broad SMARTS) is 1. The van der Waals surface area contributed by atoms with Crippen molar-refractivity contribution in [2.75, 3.05) is 26.3 Å². The standard InChI is InChI=1S/C38H49N3O9/c1-37(2,3)49-34(44)39-19-12-20-41(36(46)50-38(4,5)6)22-25-13-11-14-26(21-25)47-24-32(33(42)43)40-35(45)48-23-31-29-17-9-7-15-27(29)28-16-8-10-18-30(28)31/h7-11,13-18,21,31-32,34,39,44H,12,19-20,22-24H2,1-6H3,(H,40,45)(H,42,43)/t32-,34?/m0/s1. The van der Waals surface area contributed by atoms with E-state index >= 15 is 0 Å². The maximum absolute atomic E-state index is 13.1. The van der Waals surface area contributed by atoms with Crippen LogP contribution in [0.2, 0.25) is 0 Å². The van der Waals surface area contributed by atoms with Gasteiger partial charge in [-0.3, -0.25) is 5.32 Å². The average molecular weight is 692 g/mol. The number of nitrogens with one attached hydrogen (secondary N) is 2. The van der Waals surface area contributed by atoms with Gasteiger partial charge in [0.15, 0.2) is 6.04 Å². The molecule has 270 valence electrons. The zero-order valence-electron chi connectivity index (χ0n) is 29.6. The first-order valence-corrected chi connectivity index (χ1v) is 16.7.